The average Bonchev–Trinajstić information content (AvgIpc) is 3.55. The monoisotopic (exact) mass is 439 g/mol. The van der Waals surface area contributed by atoms with Crippen LogP contribution in [0.3, 0.4) is 0 Å². The molecule has 0 atom stereocenters. The highest BCUT2D eigenvalue weighted by molar-refractivity contribution is 5.94. The molecule has 1 aromatic carbocycles. The number of benzene rings is 1. The lowest BCUT2D eigenvalue weighted by Crippen LogP contribution is -2.37. The summed E-state index contributed by atoms with van der Waals surface area (Å²) in [6, 6.07) is 7.66. The molecule has 3 amide bonds. The molecule has 0 unspecified atom stereocenters. The molecule has 32 heavy (non-hydrogen) atoms. The highest BCUT2D eigenvalue weighted by atomic mass is 16.5. The standard InChI is InChI=1S/C23H29N5O4/c1-15(29)27-12-8-19-18(14-27)20(21(30)24-2)26-28(19)13-11-25-22(31)23(9-10-23)16-4-6-17(32-3)7-5-16/h4-7H,8-14H2,1-3H3,(H,24,30)(H,25,31). The van der Waals surface area contributed by atoms with E-state index >= 15 is 0 Å². The predicted octanol–water partition coefficient (Wildman–Crippen LogP) is 1.00. The number of hydrogen-bond acceptors (Lipinski definition) is 5. The van der Waals surface area contributed by atoms with Crippen molar-refractivity contribution in [2.24, 2.45) is 0 Å². The third-order valence-corrected chi connectivity index (χ3v) is 6.46. The molecule has 2 heterocycles. The fraction of sp³-hybridized carbons (Fsp3) is 0.478. The molecule has 1 aliphatic carbocycles. The summed E-state index contributed by atoms with van der Waals surface area (Å²) in [4.78, 5) is 38.8. The molecule has 1 aliphatic heterocycles. The largest absolute Gasteiger partial charge is 0.497 e. The normalized spacial score (nSPS) is 16.2. The molecule has 2 aliphatic rings. The maximum atomic E-state index is 13.0. The van der Waals surface area contributed by atoms with Gasteiger partial charge in [-0.25, -0.2) is 0 Å². The third-order valence-electron chi connectivity index (χ3n) is 6.46. The number of fused-ring (bicyclic) bond motifs is 1. The molecule has 0 saturated heterocycles. The van der Waals surface area contributed by atoms with Crippen molar-refractivity contribution in [3.8, 4) is 5.75 Å². The quantitative estimate of drug-likeness (QED) is 0.670. The van der Waals surface area contributed by atoms with Crippen molar-refractivity contribution in [1.82, 2.24) is 25.3 Å². The second-order valence-electron chi connectivity index (χ2n) is 8.33. The number of aromatic nitrogens is 2. The van der Waals surface area contributed by atoms with Crippen LogP contribution in [0, 0.1) is 0 Å². The van der Waals surface area contributed by atoms with E-state index in [2.05, 4.69) is 15.7 Å². The average molecular weight is 440 g/mol. The first-order valence-corrected chi connectivity index (χ1v) is 10.9. The molecule has 0 radical (unpaired) electrons. The Labute approximate surface area is 187 Å². The Kier molecular flexibility index (Phi) is 5.90. The predicted molar refractivity (Wildman–Crippen MR) is 117 cm³/mol. The lowest BCUT2D eigenvalue weighted by atomic mass is 9.95. The molecule has 1 fully saturated rings. The van der Waals surface area contributed by atoms with Gasteiger partial charge in [-0.1, -0.05) is 12.1 Å². The van der Waals surface area contributed by atoms with Gasteiger partial charge in [-0.15, -0.1) is 0 Å². The summed E-state index contributed by atoms with van der Waals surface area (Å²) in [7, 11) is 3.18. The topological polar surface area (TPSA) is 106 Å². The highest BCUT2D eigenvalue weighted by Crippen LogP contribution is 2.48. The Bertz CT molecular complexity index is 1040. The lowest BCUT2D eigenvalue weighted by Gasteiger charge is -2.26. The summed E-state index contributed by atoms with van der Waals surface area (Å²) in [6.07, 6.45) is 2.27. The van der Waals surface area contributed by atoms with E-state index in [9.17, 15) is 14.4 Å². The Morgan fingerprint density at radius 3 is 2.50 bits per heavy atom. The van der Waals surface area contributed by atoms with Crippen LogP contribution < -0.4 is 15.4 Å². The van der Waals surface area contributed by atoms with Crippen LogP contribution in [0.5, 0.6) is 5.75 Å². The van der Waals surface area contributed by atoms with Crippen molar-refractivity contribution in [3.63, 3.8) is 0 Å². The number of ether oxygens (including phenoxy) is 1. The number of hydrogen-bond donors (Lipinski definition) is 2. The van der Waals surface area contributed by atoms with E-state index < -0.39 is 5.41 Å². The first kappa shape index (κ1) is 21.9. The first-order chi connectivity index (χ1) is 15.4. The van der Waals surface area contributed by atoms with Gasteiger partial charge in [0.25, 0.3) is 5.91 Å². The number of carbonyl (C=O) groups is 3. The van der Waals surface area contributed by atoms with Crippen LogP contribution in [-0.4, -0.2) is 59.6 Å². The fourth-order valence-corrected chi connectivity index (χ4v) is 4.37. The number of nitrogens with one attached hydrogen (secondary N) is 2. The Balaban J connectivity index is 1.44. The van der Waals surface area contributed by atoms with Crippen LogP contribution in [0.1, 0.15) is 47.1 Å². The van der Waals surface area contributed by atoms with Gasteiger partial charge in [-0.2, -0.15) is 5.10 Å². The van der Waals surface area contributed by atoms with Crippen LogP contribution in [0.25, 0.3) is 0 Å². The highest BCUT2D eigenvalue weighted by Gasteiger charge is 2.51. The number of methoxy groups -OCH3 is 1. The molecule has 1 saturated carbocycles. The smallest absolute Gasteiger partial charge is 0.271 e. The summed E-state index contributed by atoms with van der Waals surface area (Å²) in [6.45, 7) is 3.37. The van der Waals surface area contributed by atoms with Gasteiger partial charge < -0.3 is 20.3 Å². The van der Waals surface area contributed by atoms with E-state index in [1.807, 2.05) is 24.3 Å². The van der Waals surface area contributed by atoms with Gasteiger partial charge in [-0.05, 0) is 30.5 Å². The second-order valence-corrected chi connectivity index (χ2v) is 8.33. The number of nitrogens with zero attached hydrogens (tertiary/aromatic N) is 3. The lowest BCUT2D eigenvalue weighted by molar-refractivity contribution is -0.129. The maximum Gasteiger partial charge on any atom is 0.271 e. The molecular formula is C23H29N5O4. The molecule has 2 aromatic rings. The zero-order chi connectivity index (χ0) is 22.9. The zero-order valence-electron chi connectivity index (χ0n) is 18.7. The van der Waals surface area contributed by atoms with Gasteiger partial charge in [0.05, 0.1) is 19.1 Å². The molecule has 2 N–H and O–H groups in total. The minimum absolute atomic E-state index is 0.0120. The summed E-state index contributed by atoms with van der Waals surface area (Å²) >= 11 is 0. The molecular weight excluding hydrogens is 410 g/mol. The maximum absolute atomic E-state index is 13.0. The van der Waals surface area contributed by atoms with Gasteiger partial charge in [0.2, 0.25) is 11.8 Å². The van der Waals surface area contributed by atoms with Crippen LogP contribution in [0.15, 0.2) is 24.3 Å². The molecule has 9 nitrogen and oxygen atoms in total. The Hall–Kier alpha value is -3.36. The van der Waals surface area contributed by atoms with Crippen LogP contribution in [0.4, 0.5) is 0 Å². The van der Waals surface area contributed by atoms with Gasteiger partial charge in [-0.3, -0.25) is 19.1 Å². The van der Waals surface area contributed by atoms with Crippen molar-refractivity contribution in [3.05, 3.63) is 46.8 Å². The Morgan fingerprint density at radius 2 is 1.91 bits per heavy atom. The number of carbonyl (C=O) groups excluding carboxylic acids is 3. The van der Waals surface area contributed by atoms with Gasteiger partial charge >= 0.3 is 0 Å². The minimum Gasteiger partial charge on any atom is -0.497 e. The van der Waals surface area contributed by atoms with E-state index in [1.165, 1.54) is 6.92 Å². The van der Waals surface area contributed by atoms with Crippen molar-refractivity contribution in [2.75, 3.05) is 27.2 Å². The van der Waals surface area contributed by atoms with Gasteiger partial charge in [0.15, 0.2) is 5.69 Å². The molecule has 9 heteroatoms. The van der Waals surface area contributed by atoms with Crippen molar-refractivity contribution in [1.29, 1.82) is 0 Å². The van der Waals surface area contributed by atoms with Crippen molar-refractivity contribution >= 4 is 17.7 Å². The molecule has 0 spiro atoms. The van der Waals surface area contributed by atoms with E-state index in [-0.39, 0.29) is 17.7 Å². The van der Waals surface area contributed by atoms with E-state index in [4.69, 9.17) is 4.74 Å². The summed E-state index contributed by atoms with van der Waals surface area (Å²) < 4.78 is 7.00. The second kappa shape index (κ2) is 8.64. The van der Waals surface area contributed by atoms with Crippen molar-refractivity contribution < 1.29 is 19.1 Å². The summed E-state index contributed by atoms with van der Waals surface area (Å²) in [5.74, 6) is 0.485. The minimum atomic E-state index is -0.467. The Morgan fingerprint density at radius 1 is 1.19 bits per heavy atom. The van der Waals surface area contributed by atoms with Crippen LogP contribution >= 0.6 is 0 Å². The number of amides is 3. The molecule has 170 valence electrons. The van der Waals surface area contributed by atoms with E-state index in [0.29, 0.717) is 38.3 Å². The molecule has 4 rings (SSSR count). The summed E-state index contributed by atoms with van der Waals surface area (Å²) in [5.41, 5.74) is 2.61. The van der Waals surface area contributed by atoms with Gasteiger partial charge in [0, 0.05) is 51.3 Å². The van der Waals surface area contributed by atoms with Crippen molar-refractivity contribution in [2.45, 2.75) is 44.7 Å². The zero-order valence-corrected chi connectivity index (χ0v) is 18.7. The number of rotatable bonds is 7. The molecule has 1 aromatic heterocycles. The van der Waals surface area contributed by atoms with E-state index in [0.717, 1.165) is 35.4 Å². The van der Waals surface area contributed by atoms with E-state index in [1.54, 1.807) is 23.7 Å². The molecule has 0 bridgehead atoms. The fourth-order valence-electron chi connectivity index (χ4n) is 4.37. The van der Waals surface area contributed by atoms with Crippen LogP contribution in [0.2, 0.25) is 0 Å². The third kappa shape index (κ3) is 3.94. The van der Waals surface area contributed by atoms with Gasteiger partial charge in [0.1, 0.15) is 5.75 Å². The van der Waals surface area contributed by atoms with Crippen LogP contribution in [-0.2, 0) is 34.5 Å². The summed E-state index contributed by atoms with van der Waals surface area (Å²) in [5, 5.41) is 10.2. The first-order valence-electron chi connectivity index (χ1n) is 10.9. The SMILES string of the molecule is CNC(=O)c1nn(CCNC(=O)C2(c3ccc(OC)cc3)CC2)c2c1CN(C(C)=O)CC2.